The van der Waals surface area contributed by atoms with Crippen molar-refractivity contribution in [3.63, 3.8) is 0 Å². The Morgan fingerprint density at radius 1 is 1.04 bits per heavy atom. The lowest BCUT2D eigenvalue weighted by molar-refractivity contribution is -0.116. The largest absolute Gasteiger partial charge is 0.379 e. The van der Waals surface area contributed by atoms with Crippen LogP contribution in [0, 0.1) is 0 Å². The molecule has 1 saturated heterocycles. The number of ether oxygens (including phenoxy) is 1. The van der Waals surface area contributed by atoms with E-state index < -0.39 is 0 Å². The average Bonchev–Trinajstić information content (AvgIpc) is 3.05. The molecule has 2 aliphatic rings. The smallest absolute Gasteiger partial charge is 0.254 e. The van der Waals surface area contributed by atoms with Crippen LogP contribution in [-0.4, -0.2) is 54.5 Å². The van der Waals surface area contributed by atoms with E-state index in [0.717, 1.165) is 55.2 Å². The summed E-state index contributed by atoms with van der Waals surface area (Å²) in [6, 6.07) is 15.5. The third kappa shape index (κ3) is 4.24. The number of nitrogens with one attached hydrogen (secondary N) is 1. The van der Waals surface area contributed by atoms with E-state index in [9.17, 15) is 9.59 Å². The minimum absolute atomic E-state index is 0.0103. The fourth-order valence-corrected chi connectivity index (χ4v) is 3.72. The summed E-state index contributed by atoms with van der Waals surface area (Å²) in [5.41, 5.74) is 3.72. The Hall–Kier alpha value is -2.70. The van der Waals surface area contributed by atoms with Crippen molar-refractivity contribution in [2.75, 3.05) is 38.2 Å². The molecule has 0 atom stereocenters. The highest BCUT2D eigenvalue weighted by Gasteiger charge is 2.26. The highest BCUT2D eigenvalue weighted by atomic mass is 16.5. The van der Waals surface area contributed by atoms with Crippen molar-refractivity contribution < 1.29 is 14.3 Å². The van der Waals surface area contributed by atoms with Crippen molar-refractivity contribution in [3.05, 3.63) is 65.2 Å². The van der Waals surface area contributed by atoms with Gasteiger partial charge in [0, 0.05) is 50.4 Å². The summed E-state index contributed by atoms with van der Waals surface area (Å²) in [4.78, 5) is 29.0. The van der Waals surface area contributed by atoms with Gasteiger partial charge < -0.3 is 15.0 Å². The number of para-hydroxylation sites is 1. The van der Waals surface area contributed by atoms with Crippen LogP contribution in [0.1, 0.15) is 27.9 Å². The molecule has 6 heteroatoms. The molecule has 0 unspecified atom stereocenters. The van der Waals surface area contributed by atoms with Gasteiger partial charge >= 0.3 is 0 Å². The summed E-state index contributed by atoms with van der Waals surface area (Å²) in [6.07, 6.45) is 0.283. The molecule has 146 valence electrons. The predicted octanol–water partition coefficient (Wildman–Crippen LogP) is 2.50. The Bertz CT molecular complexity index is 862. The Kier molecular flexibility index (Phi) is 5.69. The van der Waals surface area contributed by atoms with E-state index in [-0.39, 0.29) is 18.2 Å². The summed E-state index contributed by atoms with van der Waals surface area (Å²) in [5, 5.41) is 3.03. The van der Waals surface area contributed by atoms with Crippen molar-refractivity contribution in [3.8, 4) is 0 Å². The molecule has 0 bridgehead atoms. The normalized spacial score (nSPS) is 16.9. The SMILES string of the molecule is O=C(CCN1Cc2ccccc2C1=O)Nc1ccccc1CN1CCOCC1. The van der Waals surface area contributed by atoms with Gasteiger partial charge in [0.05, 0.1) is 13.2 Å². The Morgan fingerprint density at radius 3 is 2.61 bits per heavy atom. The van der Waals surface area contributed by atoms with Crippen LogP contribution in [0.25, 0.3) is 0 Å². The minimum Gasteiger partial charge on any atom is -0.379 e. The molecule has 2 aliphatic heterocycles. The van der Waals surface area contributed by atoms with Gasteiger partial charge in [-0.3, -0.25) is 14.5 Å². The molecule has 0 radical (unpaired) electrons. The highest BCUT2D eigenvalue weighted by Crippen LogP contribution is 2.23. The van der Waals surface area contributed by atoms with Crippen molar-refractivity contribution >= 4 is 17.5 Å². The molecular weight excluding hydrogens is 354 g/mol. The van der Waals surface area contributed by atoms with Gasteiger partial charge in [-0.1, -0.05) is 36.4 Å². The van der Waals surface area contributed by atoms with Gasteiger partial charge in [0.2, 0.25) is 5.91 Å². The van der Waals surface area contributed by atoms with Gasteiger partial charge in [0.1, 0.15) is 0 Å². The molecule has 2 aromatic rings. The summed E-state index contributed by atoms with van der Waals surface area (Å²) in [7, 11) is 0. The fourth-order valence-electron chi connectivity index (χ4n) is 3.72. The number of hydrogen-bond acceptors (Lipinski definition) is 4. The number of rotatable bonds is 6. The monoisotopic (exact) mass is 379 g/mol. The molecule has 2 aromatic carbocycles. The first kappa shape index (κ1) is 18.7. The van der Waals surface area contributed by atoms with E-state index in [2.05, 4.69) is 10.2 Å². The number of carbonyl (C=O) groups excluding carboxylic acids is 2. The second kappa shape index (κ2) is 8.54. The number of fused-ring (bicyclic) bond motifs is 1. The van der Waals surface area contributed by atoms with Crippen molar-refractivity contribution in [1.29, 1.82) is 0 Å². The zero-order valence-electron chi connectivity index (χ0n) is 15.9. The number of morpholine rings is 1. The molecular formula is C22H25N3O3. The van der Waals surface area contributed by atoms with E-state index in [1.807, 2.05) is 48.5 Å². The molecule has 2 amide bonds. The maximum atomic E-state index is 12.5. The zero-order valence-corrected chi connectivity index (χ0v) is 15.9. The summed E-state index contributed by atoms with van der Waals surface area (Å²) < 4.78 is 5.40. The lowest BCUT2D eigenvalue weighted by Crippen LogP contribution is -2.36. The molecule has 0 aromatic heterocycles. The van der Waals surface area contributed by atoms with E-state index in [1.54, 1.807) is 4.90 Å². The van der Waals surface area contributed by atoms with Crippen LogP contribution >= 0.6 is 0 Å². The predicted molar refractivity (Wildman–Crippen MR) is 107 cm³/mol. The molecule has 2 heterocycles. The molecule has 6 nitrogen and oxygen atoms in total. The lowest BCUT2D eigenvalue weighted by Gasteiger charge is -2.27. The Balaban J connectivity index is 1.33. The van der Waals surface area contributed by atoms with Crippen LogP contribution in [0.3, 0.4) is 0 Å². The van der Waals surface area contributed by atoms with Crippen molar-refractivity contribution in [1.82, 2.24) is 9.80 Å². The maximum Gasteiger partial charge on any atom is 0.254 e. The Labute approximate surface area is 165 Å². The number of nitrogens with zero attached hydrogens (tertiary/aromatic N) is 2. The van der Waals surface area contributed by atoms with Crippen molar-refractivity contribution in [2.45, 2.75) is 19.5 Å². The fraction of sp³-hybridized carbons (Fsp3) is 0.364. The van der Waals surface area contributed by atoms with Crippen LogP contribution in [0.5, 0.6) is 0 Å². The first-order valence-electron chi connectivity index (χ1n) is 9.76. The molecule has 0 aliphatic carbocycles. The first-order valence-corrected chi connectivity index (χ1v) is 9.76. The number of anilines is 1. The second-order valence-corrected chi connectivity index (χ2v) is 7.23. The van der Waals surface area contributed by atoms with Crippen LogP contribution < -0.4 is 5.32 Å². The molecule has 1 fully saturated rings. The van der Waals surface area contributed by atoms with Crippen LogP contribution in [0.15, 0.2) is 48.5 Å². The van der Waals surface area contributed by atoms with E-state index in [1.165, 1.54) is 0 Å². The Morgan fingerprint density at radius 2 is 1.79 bits per heavy atom. The number of amides is 2. The van der Waals surface area contributed by atoms with Crippen LogP contribution in [0.2, 0.25) is 0 Å². The van der Waals surface area contributed by atoms with Gasteiger partial charge in [-0.25, -0.2) is 0 Å². The topological polar surface area (TPSA) is 61.9 Å². The van der Waals surface area contributed by atoms with E-state index in [0.29, 0.717) is 13.1 Å². The molecule has 0 saturated carbocycles. The molecule has 4 rings (SSSR count). The van der Waals surface area contributed by atoms with E-state index >= 15 is 0 Å². The van der Waals surface area contributed by atoms with Gasteiger partial charge in [-0.15, -0.1) is 0 Å². The van der Waals surface area contributed by atoms with Gasteiger partial charge in [0.15, 0.2) is 0 Å². The zero-order chi connectivity index (χ0) is 19.3. The summed E-state index contributed by atoms with van der Waals surface area (Å²) in [6.45, 7) is 5.10. The molecule has 0 spiro atoms. The maximum absolute atomic E-state index is 12.5. The number of hydrogen-bond donors (Lipinski definition) is 1. The summed E-state index contributed by atoms with van der Waals surface area (Å²) >= 11 is 0. The lowest BCUT2D eigenvalue weighted by atomic mass is 10.1. The second-order valence-electron chi connectivity index (χ2n) is 7.23. The first-order chi connectivity index (χ1) is 13.7. The van der Waals surface area contributed by atoms with Crippen LogP contribution in [0.4, 0.5) is 5.69 Å². The summed E-state index contributed by atoms with van der Waals surface area (Å²) in [5.74, 6) is -0.0608. The minimum atomic E-state index is -0.0711. The quantitative estimate of drug-likeness (QED) is 0.838. The molecule has 1 N–H and O–H groups in total. The van der Waals surface area contributed by atoms with Gasteiger partial charge in [-0.05, 0) is 23.3 Å². The number of carbonyl (C=O) groups is 2. The van der Waals surface area contributed by atoms with Crippen LogP contribution in [-0.2, 0) is 22.6 Å². The standard InChI is InChI=1S/C22H25N3O3/c26-21(9-10-25-16-17-5-1-3-7-19(17)22(25)27)23-20-8-4-2-6-18(20)15-24-11-13-28-14-12-24/h1-8H,9-16H2,(H,23,26). The number of benzene rings is 2. The van der Waals surface area contributed by atoms with Gasteiger partial charge in [0.25, 0.3) is 5.91 Å². The highest BCUT2D eigenvalue weighted by molar-refractivity contribution is 5.99. The average molecular weight is 379 g/mol. The van der Waals surface area contributed by atoms with Gasteiger partial charge in [-0.2, -0.15) is 0 Å². The van der Waals surface area contributed by atoms with Crippen molar-refractivity contribution in [2.24, 2.45) is 0 Å². The third-order valence-electron chi connectivity index (χ3n) is 5.29. The van der Waals surface area contributed by atoms with E-state index in [4.69, 9.17) is 4.74 Å². The third-order valence-corrected chi connectivity index (χ3v) is 5.29. The molecule has 28 heavy (non-hydrogen) atoms.